The molecule has 1 aromatic rings. The van der Waals surface area contributed by atoms with Crippen LogP contribution in [0.3, 0.4) is 0 Å². The minimum absolute atomic E-state index is 0.0120. The second kappa shape index (κ2) is 20.1. The highest BCUT2D eigenvalue weighted by Gasteiger charge is 2.35. The first-order valence-corrected chi connectivity index (χ1v) is 15.6. The molecule has 2 N–H and O–H groups in total. The fraction of sp³-hybridized carbons (Fsp3) is 0.697. The largest absolute Gasteiger partial charge is 0.379 e. The molecule has 9 nitrogen and oxygen atoms in total. The summed E-state index contributed by atoms with van der Waals surface area (Å²) < 4.78 is 5.84. The minimum Gasteiger partial charge on any atom is -0.379 e. The van der Waals surface area contributed by atoms with Crippen molar-refractivity contribution >= 4 is 23.6 Å². The summed E-state index contributed by atoms with van der Waals surface area (Å²) in [5.74, 6) is -0.389. The summed E-state index contributed by atoms with van der Waals surface area (Å²) in [6, 6.07) is 9.70. The molecule has 4 amide bonds. The zero-order chi connectivity index (χ0) is 31.7. The van der Waals surface area contributed by atoms with Gasteiger partial charge in [-0.15, -0.1) is 0 Å². The molecule has 1 rings (SSSR count). The number of hydrogen-bond acceptors (Lipinski definition) is 5. The number of carbonyl (C=O) groups excluding carboxylic acids is 4. The molecule has 0 aliphatic rings. The number of carbonyl (C=O) groups is 4. The molecular formula is C33H56N4O5. The van der Waals surface area contributed by atoms with E-state index >= 15 is 0 Å². The van der Waals surface area contributed by atoms with Crippen LogP contribution >= 0.6 is 0 Å². The molecule has 0 saturated carbocycles. The number of ether oxygens (including phenoxy) is 1. The highest BCUT2D eigenvalue weighted by Crippen LogP contribution is 2.22. The zero-order valence-electron chi connectivity index (χ0n) is 27.3. The molecule has 0 heterocycles. The van der Waals surface area contributed by atoms with Crippen molar-refractivity contribution in [2.75, 3.05) is 40.3 Å². The van der Waals surface area contributed by atoms with E-state index in [4.69, 9.17) is 4.74 Å². The first-order valence-electron chi connectivity index (χ1n) is 15.6. The van der Waals surface area contributed by atoms with E-state index in [1.807, 2.05) is 71.9 Å². The Morgan fingerprint density at radius 2 is 1.57 bits per heavy atom. The Hall–Kier alpha value is -2.94. The van der Waals surface area contributed by atoms with Crippen LogP contribution in [-0.4, -0.2) is 85.9 Å². The number of benzene rings is 1. The molecule has 9 heteroatoms. The third-order valence-electron chi connectivity index (χ3n) is 7.84. The van der Waals surface area contributed by atoms with Crippen molar-refractivity contribution < 1.29 is 23.9 Å². The van der Waals surface area contributed by atoms with Crippen LogP contribution in [0.25, 0.3) is 0 Å². The number of hydrogen-bond donors (Lipinski definition) is 2. The smallest absolute Gasteiger partial charge is 0.242 e. The van der Waals surface area contributed by atoms with Crippen molar-refractivity contribution in [3.8, 4) is 0 Å². The molecule has 0 aromatic heterocycles. The summed E-state index contributed by atoms with van der Waals surface area (Å²) in [5, 5.41) is 5.73. The molecule has 1 aromatic carbocycles. The van der Waals surface area contributed by atoms with Gasteiger partial charge in [0, 0.05) is 46.1 Å². The number of nitrogens with one attached hydrogen (secondary N) is 2. The summed E-state index contributed by atoms with van der Waals surface area (Å²) >= 11 is 0. The lowest BCUT2D eigenvalue weighted by Gasteiger charge is -2.38. The monoisotopic (exact) mass is 588 g/mol. The molecule has 238 valence electrons. The van der Waals surface area contributed by atoms with E-state index in [-0.39, 0.29) is 60.4 Å². The van der Waals surface area contributed by atoms with Crippen molar-refractivity contribution in [1.29, 1.82) is 0 Å². The van der Waals surface area contributed by atoms with Gasteiger partial charge in [0.25, 0.3) is 0 Å². The Bertz CT molecular complexity index is 955. The van der Waals surface area contributed by atoms with Crippen LogP contribution < -0.4 is 10.6 Å². The van der Waals surface area contributed by atoms with Crippen LogP contribution in [0.1, 0.15) is 79.2 Å². The molecule has 42 heavy (non-hydrogen) atoms. The van der Waals surface area contributed by atoms with Gasteiger partial charge in [0.1, 0.15) is 0 Å². The summed E-state index contributed by atoms with van der Waals surface area (Å²) in [6.45, 7) is 13.5. The van der Waals surface area contributed by atoms with Gasteiger partial charge in [-0.3, -0.25) is 19.2 Å². The second-order valence-corrected chi connectivity index (χ2v) is 11.8. The Kier molecular flexibility index (Phi) is 17.7. The summed E-state index contributed by atoms with van der Waals surface area (Å²) in [4.78, 5) is 54.8. The predicted octanol–water partition coefficient (Wildman–Crippen LogP) is 4.05. The van der Waals surface area contributed by atoms with Crippen LogP contribution in [0.5, 0.6) is 0 Å². The van der Waals surface area contributed by atoms with Crippen LogP contribution in [0.2, 0.25) is 0 Å². The fourth-order valence-electron chi connectivity index (χ4n) is 5.05. The highest BCUT2D eigenvalue weighted by molar-refractivity contribution is 5.85. The standard InChI is InChI=1S/C33H56N4O5/c1-9-19-37(20-17-26(6)33(41)34-18-16-27-14-12-11-13-15-27)30(39)22-28(42-8)32(25(5)10-2)36(7)31(40)23-35-29(38)21-24(3)4/h11-15,24-26,28,32H,9-10,16-23H2,1-8H3,(H,34,41)(H,35,38)/t25-,26+,28+,32?/m0/s1. The maximum Gasteiger partial charge on any atom is 0.242 e. The van der Waals surface area contributed by atoms with Gasteiger partial charge < -0.3 is 25.2 Å². The maximum atomic E-state index is 13.5. The van der Waals surface area contributed by atoms with Crippen molar-refractivity contribution in [1.82, 2.24) is 20.4 Å². The van der Waals surface area contributed by atoms with E-state index in [2.05, 4.69) is 10.6 Å². The lowest BCUT2D eigenvalue weighted by Crippen LogP contribution is -2.53. The number of methoxy groups -OCH3 is 1. The lowest BCUT2D eigenvalue weighted by atomic mass is 9.90. The Balaban J connectivity index is 2.79. The third-order valence-corrected chi connectivity index (χ3v) is 7.84. The van der Waals surface area contributed by atoms with Gasteiger partial charge in [0.05, 0.1) is 25.1 Å². The van der Waals surface area contributed by atoms with Gasteiger partial charge in [0.15, 0.2) is 0 Å². The van der Waals surface area contributed by atoms with Crippen LogP contribution in [0.15, 0.2) is 30.3 Å². The van der Waals surface area contributed by atoms with Crippen LogP contribution in [0, 0.1) is 17.8 Å². The molecule has 1 unspecified atom stereocenters. The van der Waals surface area contributed by atoms with E-state index in [9.17, 15) is 19.2 Å². The molecule has 0 fully saturated rings. The van der Waals surface area contributed by atoms with Gasteiger partial charge in [0.2, 0.25) is 23.6 Å². The average molecular weight is 589 g/mol. The third kappa shape index (κ3) is 13.4. The van der Waals surface area contributed by atoms with Gasteiger partial charge >= 0.3 is 0 Å². The Labute approximate surface area is 254 Å². The van der Waals surface area contributed by atoms with E-state index in [1.165, 1.54) is 5.56 Å². The van der Waals surface area contributed by atoms with Gasteiger partial charge in [-0.25, -0.2) is 0 Å². The summed E-state index contributed by atoms with van der Waals surface area (Å²) in [6.07, 6.45) is 2.91. The Morgan fingerprint density at radius 3 is 2.14 bits per heavy atom. The second-order valence-electron chi connectivity index (χ2n) is 11.8. The highest BCUT2D eigenvalue weighted by atomic mass is 16.5. The number of rotatable bonds is 20. The molecule has 0 aliphatic carbocycles. The molecule has 4 atom stereocenters. The number of likely N-dealkylation sites (N-methyl/N-ethyl adjacent to an activating group) is 1. The molecule has 0 bridgehead atoms. The Morgan fingerprint density at radius 1 is 0.905 bits per heavy atom. The SMILES string of the molecule is CCCN(CC[C@@H](C)C(=O)NCCc1ccccc1)C(=O)C[C@@H](OC)C([C@@H](C)CC)N(C)C(=O)CNC(=O)CC(C)C. The maximum absolute atomic E-state index is 13.5. The first-order chi connectivity index (χ1) is 19.9. The van der Waals surface area contributed by atoms with E-state index in [0.29, 0.717) is 32.5 Å². The van der Waals surface area contributed by atoms with Crippen molar-refractivity contribution in [3.05, 3.63) is 35.9 Å². The number of nitrogens with zero attached hydrogens (tertiary/aromatic N) is 2. The molecule has 0 spiro atoms. The van der Waals surface area contributed by atoms with E-state index in [1.54, 1.807) is 24.0 Å². The van der Waals surface area contributed by atoms with Gasteiger partial charge in [-0.05, 0) is 36.7 Å². The molecule has 0 aliphatic heterocycles. The van der Waals surface area contributed by atoms with Gasteiger partial charge in [-0.2, -0.15) is 0 Å². The van der Waals surface area contributed by atoms with Crippen molar-refractivity contribution in [2.24, 2.45) is 17.8 Å². The van der Waals surface area contributed by atoms with Gasteiger partial charge in [-0.1, -0.05) is 78.3 Å². The molecular weight excluding hydrogens is 532 g/mol. The summed E-state index contributed by atoms with van der Waals surface area (Å²) in [5.41, 5.74) is 1.18. The predicted molar refractivity (Wildman–Crippen MR) is 168 cm³/mol. The van der Waals surface area contributed by atoms with Crippen LogP contribution in [0.4, 0.5) is 0 Å². The fourth-order valence-corrected chi connectivity index (χ4v) is 5.05. The summed E-state index contributed by atoms with van der Waals surface area (Å²) in [7, 11) is 3.29. The average Bonchev–Trinajstić information content (AvgIpc) is 2.97. The van der Waals surface area contributed by atoms with E-state index < -0.39 is 6.10 Å². The first kappa shape index (κ1) is 37.1. The number of amides is 4. The zero-order valence-corrected chi connectivity index (χ0v) is 27.3. The normalized spacial score (nSPS) is 14.0. The lowest BCUT2D eigenvalue weighted by molar-refractivity contribution is -0.142. The molecule has 0 radical (unpaired) electrons. The van der Waals surface area contributed by atoms with Crippen LogP contribution in [-0.2, 0) is 30.3 Å². The minimum atomic E-state index is -0.508. The quantitative estimate of drug-likeness (QED) is 0.239. The van der Waals surface area contributed by atoms with Crippen molar-refractivity contribution in [3.63, 3.8) is 0 Å². The molecule has 0 saturated heterocycles. The van der Waals surface area contributed by atoms with Crippen molar-refractivity contribution in [2.45, 2.75) is 92.2 Å². The topological polar surface area (TPSA) is 108 Å². The van der Waals surface area contributed by atoms with E-state index in [0.717, 1.165) is 19.3 Å².